The highest BCUT2D eigenvalue weighted by Crippen LogP contribution is 2.65. The van der Waals surface area contributed by atoms with Crippen LogP contribution in [0.15, 0.2) is 127 Å². The summed E-state index contributed by atoms with van der Waals surface area (Å²) in [6.07, 6.45) is 1.98. The van der Waals surface area contributed by atoms with Crippen molar-refractivity contribution in [1.82, 2.24) is 5.01 Å². The number of hydrogen-bond acceptors (Lipinski definition) is 8. The molecule has 9 rings (SSSR count). The van der Waals surface area contributed by atoms with Crippen molar-refractivity contribution in [2.75, 3.05) is 22.8 Å². The molecule has 58 heavy (non-hydrogen) atoms. The van der Waals surface area contributed by atoms with Crippen LogP contribution in [0.25, 0.3) is 0 Å². The van der Waals surface area contributed by atoms with Gasteiger partial charge in [-0.05, 0) is 97.1 Å². The van der Waals surface area contributed by atoms with E-state index in [0.29, 0.717) is 27.6 Å². The molecular weight excluding hydrogens is 782 g/mol. The Bertz CT molecular complexity index is 2540. The minimum absolute atomic E-state index is 0.00446. The molecule has 13 heteroatoms. The molecule has 2 aliphatic heterocycles. The number of hydrogen-bond donors (Lipinski definition) is 3. The number of methoxy groups -OCH3 is 1. The average molecular weight is 818 g/mol. The minimum Gasteiger partial charge on any atom is -0.505 e. The molecule has 2 saturated heterocycles. The van der Waals surface area contributed by atoms with Crippen LogP contribution in [-0.2, 0) is 24.6 Å². The Morgan fingerprint density at radius 1 is 0.810 bits per heavy atom. The van der Waals surface area contributed by atoms with Crippen molar-refractivity contribution < 1.29 is 33.4 Å². The SMILES string of the molecule is COc1ccc([C@@]23C(=O)N(Nc4ccc(Cl)cc4Cl)C(=O)[C@@H]2C[C@@H]2C(=CC[C@@H]4C(=O)N(c5ccc(Nc6ccccc6)cc5)C(=O)[C@@H]42)[C@@H]3c2cccc(F)c2O)cc1. The monoisotopic (exact) mass is 816 g/mol. The number of carbonyl (C=O) groups is 4. The number of nitrogens with zero attached hydrogens (tertiary/aromatic N) is 2. The summed E-state index contributed by atoms with van der Waals surface area (Å²) in [6.45, 7) is 0. The zero-order valence-electron chi connectivity index (χ0n) is 30.9. The van der Waals surface area contributed by atoms with E-state index in [4.69, 9.17) is 27.9 Å². The van der Waals surface area contributed by atoms with Gasteiger partial charge in [0.1, 0.15) is 5.75 Å². The average Bonchev–Trinajstić information content (AvgIpc) is 3.61. The predicted molar refractivity (Wildman–Crippen MR) is 217 cm³/mol. The minimum atomic E-state index is -1.76. The van der Waals surface area contributed by atoms with Gasteiger partial charge in [0.2, 0.25) is 11.8 Å². The van der Waals surface area contributed by atoms with Crippen LogP contribution in [0.1, 0.15) is 29.9 Å². The number of anilines is 4. The highest BCUT2D eigenvalue weighted by Gasteiger charge is 2.70. The maximum Gasteiger partial charge on any atom is 0.260 e. The first-order valence-electron chi connectivity index (χ1n) is 18.7. The molecule has 3 fully saturated rings. The number of rotatable bonds is 8. The van der Waals surface area contributed by atoms with Crippen molar-refractivity contribution in [3.05, 3.63) is 154 Å². The highest BCUT2D eigenvalue weighted by atomic mass is 35.5. The fourth-order valence-corrected chi connectivity index (χ4v) is 10.0. The van der Waals surface area contributed by atoms with E-state index in [1.807, 2.05) is 36.4 Å². The number of phenolic OH excluding ortho intramolecular Hbond substituents is 1. The largest absolute Gasteiger partial charge is 0.505 e. The van der Waals surface area contributed by atoms with Crippen LogP contribution in [0.2, 0.25) is 10.0 Å². The number of benzene rings is 5. The van der Waals surface area contributed by atoms with E-state index in [1.54, 1.807) is 54.6 Å². The van der Waals surface area contributed by atoms with Crippen molar-refractivity contribution >= 4 is 69.6 Å². The first kappa shape index (κ1) is 37.4. The van der Waals surface area contributed by atoms with Gasteiger partial charge in [0.25, 0.3) is 11.8 Å². The Morgan fingerprint density at radius 2 is 1.53 bits per heavy atom. The van der Waals surface area contributed by atoms with Crippen molar-refractivity contribution in [2.45, 2.75) is 24.2 Å². The quantitative estimate of drug-likeness (QED) is 0.105. The van der Waals surface area contributed by atoms with E-state index in [1.165, 1.54) is 36.3 Å². The van der Waals surface area contributed by atoms with E-state index in [-0.39, 0.29) is 35.0 Å². The lowest BCUT2D eigenvalue weighted by Gasteiger charge is -2.50. The topological polar surface area (TPSA) is 128 Å². The first-order valence-corrected chi connectivity index (χ1v) is 19.5. The lowest BCUT2D eigenvalue weighted by Crippen LogP contribution is -2.53. The van der Waals surface area contributed by atoms with Crippen LogP contribution in [-0.4, -0.2) is 40.9 Å². The van der Waals surface area contributed by atoms with Crippen molar-refractivity contribution in [2.24, 2.45) is 23.7 Å². The molecular formula is C45H35Cl2FN4O6. The predicted octanol–water partition coefficient (Wildman–Crippen LogP) is 8.78. The van der Waals surface area contributed by atoms with Gasteiger partial charge in [-0.15, -0.1) is 0 Å². The van der Waals surface area contributed by atoms with Gasteiger partial charge >= 0.3 is 0 Å². The Balaban J connectivity index is 1.17. The smallest absolute Gasteiger partial charge is 0.260 e. The summed E-state index contributed by atoms with van der Waals surface area (Å²) < 4.78 is 20.9. The maximum absolute atomic E-state index is 15.5. The van der Waals surface area contributed by atoms with E-state index < -0.39 is 64.3 Å². The third kappa shape index (κ3) is 5.74. The number of carbonyl (C=O) groups excluding carboxylic acids is 4. The molecule has 5 aromatic rings. The number of hydrazine groups is 1. The molecule has 2 heterocycles. The number of allylic oxidation sites excluding steroid dienone is 2. The summed E-state index contributed by atoms with van der Waals surface area (Å²) in [5.41, 5.74) is 4.48. The molecule has 0 unspecified atom stereocenters. The number of nitrogens with one attached hydrogen (secondary N) is 2. The van der Waals surface area contributed by atoms with Crippen LogP contribution < -0.4 is 20.4 Å². The third-order valence-electron chi connectivity index (χ3n) is 12.1. The number of imide groups is 2. The van der Waals surface area contributed by atoms with Crippen LogP contribution in [0, 0.1) is 29.5 Å². The van der Waals surface area contributed by atoms with E-state index in [2.05, 4.69) is 10.7 Å². The summed E-state index contributed by atoms with van der Waals surface area (Å²) in [5.74, 6) is -7.91. The van der Waals surface area contributed by atoms with Crippen LogP contribution in [0.5, 0.6) is 11.5 Å². The van der Waals surface area contributed by atoms with Crippen molar-refractivity contribution in [1.29, 1.82) is 0 Å². The number of aromatic hydroxyl groups is 1. The van der Waals surface area contributed by atoms with E-state index >= 15 is 9.18 Å². The van der Waals surface area contributed by atoms with Gasteiger partial charge in [0, 0.05) is 27.9 Å². The van der Waals surface area contributed by atoms with Crippen LogP contribution >= 0.6 is 23.2 Å². The molecule has 1 saturated carbocycles. The molecule has 0 radical (unpaired) electrons. The molecule has 0 spiro atoms. The Labute approximate surface area is 342 Å². The van der Waals surface area contributed by atoms with Gasteiger partial charge in [-0.2, -0.15) is 5.01 Å². The van der Waals surface area contributed by atoms with Gasteiger partial charge < -0.3 is 15.2 Å². The maximum atomic E-state index is 15.5. The fourth-order valence-electron chi connectivity index (χ4n) is 9.59. The summed E-state index contributed by atoms with van der Waals surface area (Å²) in [5, 5.41) is 16.2. The number of amides is 4. The van der Waals surface area contributed by atoms with Crippen LogP contribution in [0.4, 0.5) is 27.1 Å². The number of phenols is 1. The summed E-state index contributed by atoms with van der Waals surface area (Å²) in [4.78, 5) is 60.5. The second kappa shape index (κ2) is 14.3. The summed E-state index contributed by atoms with van der Waals surface area (Å²) in [7, 11) is 1.50. The molecule has 4 amide bonds. The molecule has 0 aromatic heterocycles. The molecule has 6 atom stereocenters. The van der Waals surface area contributed by atoms with Gasteiger partial charge in [-0.3, -0.25) is 29.5 Å². The number of ether oxygens (including phenoxy) is 1. The van der Waals surface area contributed by atoms with Gasteiger partial charge in [-0.25, -0.2) is 4.39 Å². The second-order valence-corrected chi connectivity index (χ2v) is 15.8. The Morgan fingerprint density at radius 3 is 2.24 bits per heavy atom. The van der Waals surface area contributed by atoms with E-state index in [0.717, 1.165) is 22.5 Å². The molecule has 5 aromatic carbocycles. The van der Waals surface area contributed by atoms with Crippen molar-refractivity contribution in [3.63, 3.8) is 0 Å². The Hall–Kier alpha value is -6.17. The number of fused-ring (bicyclic) bond motifs is 4. The zero-order valence-corrected chi connectivity index (χ0v) is 32.4. The molecule has 3 N–H and O–H groups in total. The molecule has 10 nitrogen and oxygen atoms in total. The molecule has 4 aliphatic rings. The lowest BCUT2D eigenvalue weighted by atomic mass is 9.49. The lowest BCUT2D eigenvalue weighted by molar-refractivity contribution is -0.138. The van der Waals surface area contributed by atoms with Gasteiger partial charge in [0.15, 0.2) is 11.6 Å². The third-order valence-corrected chi connectivity index (χ3v) is 12.6. The highest BCUT2D eigenvalue weighted by molar-refractivity contribution is 6.36. The van der Waals surface area contributed by atoms with Gasteiger partial charge in [0.05, 0.1) is 46.7 Å². The first-order chi connectivity index (χ1) is 28.0. The summed E-state index contributed by atoms with van der Waals surface area (Å²) in [6, 6.07) is 31.9. The zero-order chi connectivity index (χ0) is 40.5. The molecule has 0 bridgehead atoms. The van der Waals surface area contributed by atoms with Gasteiger partial charge in [-0.1, -0.05) is 77.3 Å². The van der Waals surface area contributed by atoms with E-state index in [9.17, 15) is 19.5 Å². The number of halogens is 3. The standard InChI is InChI=1S/C45H35Cl2FN4O6/c1-58-29-17-10-24(11-18-29)45-34(42(55)52(44(45)57)50-37-21-12-25(46)22-35(37)47)23-33-30(39(45)32-8-5-9-36(48)40(32)53)19-20-31-38(33)43(56)51(41(31)54)28-15-13-27(14-16-28)49-26-6-3-2-4-7-26/h2-19,21-22,31,33-34,38-39,49-50,53H,20,23H2,1H3/t31-,33+,34-,38-,39+,45+/m0/s1. The fraction of sp³-hybridized carbons (Fsp3) is 0.200. The number of para-hydroxylation sites is 2. The molecule has 2 aliphatic carbocycles. The Kier molecular flexibility index (Phi) is 9.25. The van der Waals surface area contributed by atoms with Crippen molar-refractivity contribution in [3.8, 4) is 11.5 Å². The normalized spacial score (nSPS) is 24.9. The second-order valence-electron chi connectivity index (χ2n) is 14.9. The summed E-state index contributed by atoms with van der Waals surface area (Å²) >= 11 is 12.7. The molecule has 292 valence electrons. The van der Waals surface area contributed by atoms with Crippen LogP contribution in [0.3, 0.4) is 0 Å².